The zero-order valence-electron chi connectivity index (χ0n) is 9.89. The zero-order valence-corrected chi connectivity index (χ0v) is 9.89. The molecule has 1 aromatic carbocycles. The molecule has 1 saturated carbocycles. The number of aliphatic carboxylic acids is 1. The molecule has 0 bridgehead atoms. The minimum Gasteiger partial charge on any atom is -0.493 e. The van der Waals surface area contributed by atoms with Crippen molar-refractivity contribution < 1.29 is 14.6 Å². The van der Waals surface area contributed by atoms with Crippen LogP contribution in [-0.2, 0) is 11.2 Å². The van der Waals surface area contributed by atoms with Gasteiger partial charge in [0.25, 0.3) is 0 Å². The number of carboxylic acid groups (broad SMARTS) is 1. The van der Waals surface area contributed by atoms with Gasteiger partial charge in [0.2, 0.25) is 0 Å². The van der Waals surface area contributed by atoms with E-state index >= 15 is 0 Å². The first-order valence-electron chi connectivity index (χ1n) is 6.17. The largest absolute Gasteiger partial charge is 0.493 e. The lowest BCUT2D eigenvalue weighted by Gasteiger charge is -2.11. The van der Waals surface area contributed by atoms with Gasteiger partial charge in [0.05, 0.1) is 13.0 Å². The predicted octanol–water partition coefficient (Wildman–Crippen LogP) is 2.88. The molecule has 1 aliphatic carbocycles. The van der Waals surface area contributed by atoms with Crippen LogP contribution in [0.4, 0.5) is 0 Å². The average Bonchev–Trinajstić information content (AvgIpc) is 2.79. The van der Waals surface area contributed by atoms with E-state index in [2.05, 4.69) is 0 Å². The van der Waals surface area contributed by atoms with Crippen molar-refractivity contribution in [1.82, 2.24) is 0 Å². The fourth-order valence-electron chi connectivity index (χ4n) is 2.31. The summed E-state index contributed by atoms with van der Waals surface area (Å²) in [6, 6.07) is 7.38. The number of rotatable bonds is 5. The van der Waals surface area contributed by atoms with Crippen LogP contribution in [0.1, 0.15) is 31.2 Å². The van der Waals surface area contributed by atoms with Crippen molar-refractivity contribution in [3.05, 3.63) is 29.8 Å². The summed E-state index contributed by atoms with van der Waals surface area (Å²) >= 11 is 0. The Morgan fingerprint density at radius 3 is 2.82 bits per heavy atom. The second kappa shape index (κ2) is 5.71. The van der Waals surface area contributed by atoms with Crippen molar-refractivity contribution in [2.75, 3.05) is 6.61 Å². The minimum absolute atomic E-state index is 0.0562. The van der Waals surface area contributed by atoms with Gasteiger partial charge in [-0.15, -0.1) is 0 Å². The van der Waals surface area contributed by atoms with Gasteiger partial charge in [-0.05, 0) is 36.5 Å². The smallest absolute Gasteiger partial charge is 0.307 e. The van der Waals surface area contributed by atoms with Gasteiger partial charge in [-0.3, -0.25) is 4.79 Å². The topological polar surface area (TPSA) is 46.5 Å². The van der Waals surface area contributed by atoms with Crippen LogP contribution in [0.2, 0.25) is 0 Å². The predicted molar refractivity (Wildman–Crippen MR) is 65.2 cm³/mol. The SMILES string of the molecule is O=C(O)Cc1cccc(OCC2CCCC2)c1. The maximum absolute atomic E-state index is 10.6. The lowest BCUT2D eigenvalue weighted by Crippen LogP contribution is -2.08. The van der Waals surface area contributed by atoms with Gasteiger partial charge in [-0.2, -0.15) is 0 Å². The Morgan fingerprint density at radius 2 is 2.12 bits per heavy atom. The number of carbonyl (C=O) groups is 1. The van der Waals surface area contributed by atoms with E-state index in [1.807, 2.05) is 24.3 Å². The van der Waals surface area contributed by atoms with E-state index in [9.17, 15) is 4.79 Å². The number of hydrogen-bond donors (Lipinski definition) is 1. The van der Waals surface area contributed by atoms with Crippen molar-refractivity contribution in [2.45, 2.75) is 32.1 Å². The van der Waals surface area contributed by atoms with Crippen LogP contribution < -0.4 is 4.74 Å². The molecule has 1 fully saturated rings. The van der Waals surface area contributed by atoms with E-state index in [4.69, 9.17) is 9.84 Å². The Balaban J connectivity index is 1.88. The molecule has 3 heteroatoms. The van der Waals surface area contributed by atoms with Crippen molar-refractivity contribution in [3.63, 3.8) is 0 Å². The number of hydrogen-bond acceptors (Lipinski definition) is 2. The van der Waals surface area contributed by atoms with Gasteiger partial charge in [0.1, 0.15) is 5.75 Å². The van der Waals surface area contributed by atoms with E-state index in [0.717, 1.165) is 17.9 Å². The van der Waals surface area contributed by atoms with Gasteiger partial charge in [0, 0.05) is 0 Å². The summed E-state index contributed by atoms with van der Waals surface area (Å²) in [7, 11) is 0. The molecule has 0 atom stereocenters. The first-order chi connectivity index (χ1) is 8.24. The van der Waals surface area contributed by atoms with Gasteiger partial charge >= 0.3 is 5.97 Å². The third kappa shape index (κ3) is 3.77. The van der Waals surface area contributed by atoms with Crippen LogP contribution in [0.15, 0.2) is 24.3 Å². The fourth-order valence-corrected chi connectivity index (χ4v) is 2.31. The molecule has 1 N–H and O–H groups in total. The third-order valence-corrected chi connectivity index (χ3v) is 3.21. The molecule has 92 valence electrons. The summed E-state index contributed by atoms with van der Waals surface area (Å²) in [6.45, 7) is 0.760. The zero-order chi connectivity index (χ0) is 12.1. The van der Waals surface area contributed by atoms with Gasteiger partial charge < -0.3 is 9.84 Å². The summed E-state index contributed by atoms with van der Waals surface area (Å²) in [5.41, 5.74) is 0.793. The normalized spacial score (nSPS) is 16.0. The van der Waals surface area contributed by atoms with Gasteiger partial charge in [-0.25, -0.2) is 0 Å². The molecule has 17 heavy (non-hydrogen) atoms. The lowest BCUT2D eigenvalue weighted by molar-refractivity contribution is -0.136. The summed E-state index contributed by atoms with van der Waals surface area (Å²) < 4.78 is 5.72. The number of ether oxygens (including phenoxy) is 1. The molecular formula is C14H18O3. The van der Waals surface area contributed by atoms with Crippen LogP contribution in [0, 0.1) is 5.92 Å². The molecular weight excluding hydrogens is 216 g/mol. The standard InChI is InChI=1S/C14H18O3/c15-14(16)9-12-6-3-7-13(8-12)17-10-11-4-1-2-5-11/h3,6-8,11H,1-2,4-5,9-10H2,(H,15,16). The first-order valence-corrected chi connectivity index (χ1v) is 6.17. The van der Waals surface area contributed by atoms with E-state index in [0.29, 0.717) is 5.92 Å². The second-order valence-corrected chi connectivity index (χ2v) is 4.68. The highest BCUT2D eigenvalue weighted by Gasteiger charge is 2.15. The lowest BCUT2D eigenvalue weighted by atomic mass is 10.1. The first kappa shape index (κ1) is 12.0. The quantitative estimate of drug-likeness (QED) is 0.852. The maximum Gasteiger partial charge on any atom is 0.307 e. The Labute approximate surface area is 101 Å². The van der Waals surface area contributed by atoms with Crippen LogP contribution in [0.3, 0.4) is 0 Å². The highest BCUT2D eigenvalue weighted by atomic mass is 16.5. The molecule has 0 amide bonds. The average molecular weight is 234 g/mol. The molecule has 0 unspecified atom stereocenters. The number of carboxylic acids is 1. The van der Waals surface area contributed by atoms with Crippen molar-refractivity contribution >= 4 is 5.97 Å². The Bertz CT molecular complexity index is 381. The Morgan fingerprint density at radius 1 is 1.35 bits per heavy atom. The number of benzene rings is 1. The molecule has 0 heterocycles. The molecule has 2 rings (SSSR count). The summed E-state index contributed by atoms with van der Waals surface area (Å²) in [6.07, 6.45) is 5.20. The van der Waals surface area contributed by atoms with Gasteiger partial charge in [-0.1, -0.05) is 25.0 Å². The molecule has 3 nitrogen and oxygen atoms in total. The monoisotopic (exact) mass is 234 g/mol. The van der Waals surface area contributed by atoms with Crippen LogP contribution in [0.5, 0.6) is 5.75 Å². The van der Waals surface area contributed by atoms with Crippen LogP contribution in [-0.4, -0.2) is 17.7 Å². The highest BCUT2D eigenvalue weighted by Crippen LogP contribution is 2.25. The molecule has 0 aromatic heterocycles. The van der Waals surface area contributed by atoms with Gasteiger partial charge in [0.15, 0.2) is 0 Å². The second-order valence-electron chi connectivity index (χ2n) is 4.68. The Kier molecular flexibility index (Phi) is 4.02. The highest BCUT2D eigenvalue weighted by molar-refractivity contribution is 5.70. The van der Waals surface area contributed by atoms with Crippen molar-refractivity contribution in [2.24, 2.45) is 5.92 Å². The maximum atomic E-state index is 10.6. The van der Waals surface area contributed by atoms with E-state index in [1.165, 1.54) is 25.7 Å². The molecule has 0 aliphatic heterocycles. The molecule has 1 aliphatic rings. The van der Waals surface area contributed by atoms with Crippen molar-refractivity contribution in [3.8, 4) is 5.75 Å². The van der Waals surface area contributed by atoms with Crippen LogP contribution >= 0.6 is 0 Å². The molecule has 0 spiro atoms. The Hall–Kier alpha value is -1.51. The van der Waals surface area contributed by atoms with E-state index in [1.54, 1.807) is 0 Å². The summed E-state index contributed by atoms with van der Waals surface area (Å²) in [4.78, 5) is 10.6. The van der Waals surface area contributed by atoms with Crippen LogP contribution in [0.25, 0.3) is 0 Å². The fraction of sp³-hybridized carbons (Fsp3) is 0.500. The molecule has 0 radical (unpaired) electrons. The summed E-state index contributed by atoms with van der Waals surface area (Å²) in [5, 5.41) is 8.72. The summed E-state index contributed by atoms with van der Waals surface area (Å²) in [5.74, 6) is 0.659. The third-order valence-electron chi connectivity index (χ3n) is 3.21. The minimum atomic E-state index is -0.807. The van der Waals surface area contributed by atoms with Crippen molar-refractivity contribution in [1.29, 1.82) is 0 Å². The molecule has 0 saturated heterocycles. The van der Waals surface area contributed by atoms with E-state index < -0.39 is 5.97 Å². The van der Waals surface area contributed by atoms with E-state index in [-0.39, 0.29) is 6.42 Å². The molecule has 1 aromatic rings.